The molecule has 1 atom stereocenters. The lowest BCUT2D eigenvalue weighted by atomic mass is 10.0. The van der Waals surface area contributed by atoms with Crippen LogP contribution >= 0.6 is 0 Å². The highest BCUT2D eigenvalue weighted by atomic mass is 16.5. The van der Waals surface area contributed by atoms with E-state index in [4.69, 9.17) is 9.94 Å². The summed E-state index contributed by atoms with van der Waals surface area (Å²) in [7, 11) is 0. The van der Waals surface area contributed by atoms with Crippen molar-refractivity contribution < 1.29 is 24.8 Å². The maximum Gasteiger partial charge on any atom is 0.315 e. The van der Waals surface area contributed by atoms with Gasteiger partial charge in [-0.25, -0.2) is 10.3 Å². The number of carbonyl (C=O) groups excluding carboxylic acids is 2. The van der Waals surface area contributed by atoms with Gasteiger partial charge < -0.3 is 4.74 Å². The second-order valence-corrected chi connectivity index (χ2v) is 6.75. The fourth-order valence-corrected chi connectivity index (χ4v) is 2.91. The molecule has 0 fully saturated rings. The van der Waals surface area contributed by atoms with Crippen LogP contribution in [0.5, 0.6) is 5.75 Å². The Labute approximate surface area is 160 Å². The van der Waals surface area contributed by atoms with Gasteiger partial charge in [-0.2, -0.15) is 0 Å². The lowest BCUT2D eigenvalue weighted by Crippen LogP contribution is -2.82. The van der Waals surface area contributed by atoms with E-state index in [-0.39, 0.29) is 11.8 Å². The molecule has 6 nitrogen and oxygen atoms in total. The molecule has 0 saturated carbocycles. The highest BCUT2D eigenvalue weighted by Gasteiger charge is 2.10. The minimum Gasteiger partial charge on any atom is -0.493 e. The lowest BCUT2D eigenvalue weighted by molar-refractivity contribution is -0.484. The summed E-state index contributed by atoms with van der Waals surface area (Å²) in [5, 5.41) is 10.1. The number of primary amides is 1. The van der Waals surface area contributed by atoms with Gasteiger partial charge in [0.25, 0.3) is 0 Å². The maximum atomic E-state index is 12.1. The van der Waals surface area contributed by atoms with Crippen LogP contribution in [0, 0.1) is 5.92 Å². The van der Waals surface area contributed by atoms with E-state index in [9.17, 15) is 9.59 Å². The molecule has 0 aliphatic heterocycles. The van der Waals surface area contributed by atoms with E-state index in [1.54, 1.807) is 10.8 Å². The molecule has 27 heavy (non-hydrogen) atoms. The van der Waals surface area contributed by atoms with Crippen molar-refractivity contribution in [3.05, 3.63) is 48.6 Å². The van der Waals surface area contributed by atoms with Crippen molar-refractivity contribution in [2.45, 2.75) is 44.9 Å². The number of rotatable bonds is 11. The van der Waals surface area contributed by atoms with Crippen LogP contribution in [0.1, 0.15) is 44.9 Å². The maximum absolute atomic E-state index is 12.1. The summed E-state index contributed by atoms with van der Waals surface area (Å²) in [5.74, 6) is 0.910. The third-order valence-corrected chi connectivity index (χ3v) is 4.42. The molecule has 1 aliphatic carbocycles. The zero-order chi connectivity index (χ0) is 19.3. The van der Waals surface area contributed by atoms with E-state index in [1.807, 2.05) is 36.4 Å². The topological polar surface area (TPSA) is 92.2 Å². The Hall–Kier alpha value is -2.44. The van der Waals surface area contributed by atoms with Gasteiger partial charge in [0.2, 0.25) is 5.91 Å². The number of nitrogens with two attached hydrogens (primary N) is 1. The van der Waals surface area contributed by atoms with Crippen LogP contribution in [0.25, 0.3) is 0 Å². The van der Waals surface area contributed by atoms with Crippen LogP contribution in [-0.4, -0.2) is 23.6 Å². The van der Waals surface area contributed by atoms with Crippen LogP contribution < -0.4 is 15.5 Å². The van der Waals surface area contributed by atoms with Gasteiger partial charge >= 0.3 is 5.91 Å². The Bertz CT molecular complexity index is 670. The average molecular weight is 373 g/mol. The van der Waals surface area contributed by atoms with E-state index < -0.39 is 0 Å². The zero-order valence-corrected chi connectivity index (χ0v) is 15.6. The third-order valence-electron chi connectivity index (χ3n) is 4.42. The standard InChI is InChI=1S/C21H28N2O4/c24-20(13-6-1-2-7-14-21(25)23-26)22-18-11-8-12-19(15-18)27-16-17-9-4-3-5-10-17/h3-5,8-9,11-12,15,17,26H,1-2,6-7,10,13-14,16H2,(H,22,24)(H,23,25)/p+1. The minimum absolute atomic E-state index is 0.0978. The number of allylic oxidation sites excluding steroid dienone is 3. The zero-order valence-electron chi connectivity index (χ0n) is 15.6. The van der Waals surface area contributed by atoms with Crippen molar-refractivity contribution >= 4 is 17.5 Å². The summed E-state index contributed by atoms with van der Waals surface area (Å²) in [6.45, 7) is 0.631. The Balaban J connectivity index is 1.64. The van der Waals surface area contributed by atoms with Crippen molar-refractivity contribution in [1.82, 2.24) is 5.48 Å². The van der Waals surface area contributed by atoms with E-state index in [2.05, 4.69) is 12.2 Å². The van der Waals surface area contributed by atoms with E-state index in [0.717, 1.165) is 43.5 Å². The predicted molar refractivity (Wildman–Crippen MR) is 103 cm³/mol. The van der Waals surface area contributed by atoms with Crippen LogP contribution in [0.4, 0.5) is 5.69 Å². The summed E-state index contributed by atoms with van der Waals surface area (Å²) in [6.07, 6.45) is 13.5. The predicted octanol–water partition coefficient (Wildman–Crippen LogP) is 2.77. The summed E-state index contributed by atoms with van der Waals surface area (Å²) in [6, 6.07) is 7.61. The van der Waals surface area contributed by atoms with Gasteiger partial charge in [0.05, 0.1) is 13.0 Å². The van der Waals surface area contributed by atoms with E-state index in [0.29, 0.717) is 25.4 Å². The molecule has 0 spiro atoms. The fraction of sp³-hybridized carbons (Fsp3) is 0.429. The molecule has 0 bridgehead atoms. The molecule has 0 heterocycles. The Kier molecular flexibility index (Phi) is 9.30. The van der Waals surface area contributed by atoms with Gasteiger partial charge in [-0.1, -0.05) is 43.2 Å². The second kappa shape index (κ2) is 12.0. The number of nitrogens with one attached hydrogen (secondary N) is 1. The van der Waals surface area contributed by atoms with Crippen molar-refractivity contribution in [2.24, 2.45) is 5.92 Å². The molecule has 0 radical (unpaired) electrons. The van der Waals surface area contributed by atoms with Gasteiger partial charge in [0.1, 0.15) is 11.4 Å². The molecule has 1 aliphatic rings. The van der Waals surface area contributed by atoms with Crippen LogP contribution in [0.3, 0.4) is 0 Å². The molecule has 2 amide bonds. The number of unbranched alkanes of at least 4 members (excludes halogenated alkanes) is 3. The molecular weight excluding hydrogens is 344 g/mol. The molecule has 146 valence electrons. The quantitative estimate of drug-likeness (QED) is 0.241. The highest BCUT2D eigenvalue weighted by Crippen LogP contribution is 2.18. The first kappa shape index (κ1) is 20.9. The van der Waals surface area contributed by atoms with Crippen molar-refractivity contribution in [2.75, 3.05) is 6.61 Å². The summed E-state index contributed by atoms with van der Waals surface area (Å²) in [4.78, 5) is 23.0. The fourth-order valence-electron chi connectivity index (χ4n) is 2.91. The number of ether oxygens (including phenoxy) is 1. The number of hydroxylamine groups is 1. The van der Waals surface area contributed by atoms with Crippen LogP contribution in [0.15, 0.2) is 48.6 Å². The number of hydrogen-bond donors (Lipinski definition) is 3. The second-order valence-electron chi connectivity index (χ2n) is 6.75. The first-order valence-corrected chi connectivity index (χ1v) is 9.54. The SMILES string of the molecule is O=C(CCCCCCC(=O)[NH2+]c1cccc(OCC2C=CC=CC2)c1)NO. The number of carbonyl (C=O) groups is 2. The van der Waals surface area contributed by atoms with Crippen molar-refractivity contribution in [3.63, 3.8) is 0 Å². The Morgan fingerprint density at radius 1 is 1.15 bits per heavy atom. The lowest BCUT2D eigenvalue weighted by Gasteiger charge is -2.14. The van der Waals surface area contributed by atoms with Gasteiger partial charge in [0.15, 0.2) is 0 Å². The van der Waals surface area contributed by atoms with E-state index >= 15 is 0 Å². The van der Waals surface area contributed by atoms with Gasteiger partial charge in [-0.05, 0) is 31.4 Å². The first-order chi connectivity index (χ1) is 13.2. The number of benzene rings is 1. The molecule has 1 aromatic rings. The van der Waals surface area contributed by atoms with Gasteiger partial charge in [-0.3, -0.25) is 15.3 Å². The largest absolute Gasteiger partial charge is 0.493 e. The monoisotopic (exact) mass is 373 g/mol. The molecule has 2 rings (SSSR count). The Morgan fingerprint density at radius 3 is 2.70 bits per heavy atom. The van der Waals surface area contributed by atoms with Crippen LogP contribution in [0.2, 0.25) is 0 Å². The normalized spacial score (nSPS) is 15.5. The smallest absolute Gasteiger partial charge is 0.315 e. The average Bonchev–Trinajstić information content (AvgIpc) is 2.70. The molecule has 0 saturated heterocycles. The third kappa shape index (κ3) is 8.66. The summed E-state index contributed by atoms with van der Waals surface area (Å²) < 4.78 is 5.85. The summed E-state index contributed by atoms with van der Waals surface area (Å²) in [5.41, 5.74) is 2.48. The van der Waals surface area contributed by atoms with Crippen molar-refractivity contribution in [1.29, 1.82) is 0 Å². The molecule has 4 N–H and O–H groups in total. The molecule has 6 heteroatoms. The molecule has 1 aromatic carbocycles. The van der Waals surface area contributed by atoms with E-state index in [1.165, 1.54) is 0 Å². The highest BCUT2D eigenvalue weighted by molar-refractivity contribution is 5.74. The number of quaternary nitrogens is 1. The summed E-state index contributed by atoms with van der Waals surface area (Å²) >= 11 is 0. The first-order valence-electron chi connectivity index (χ1n) is 9.54. The Morgan fingerprint density at radius 2 is 1.96 bits per heavy atom. The molecular formula is C21H29N2O4+. The number of amides is 2. The van der Waals surface area contributed by atoms with Crippen LogP contribution in [-0.2, 0) is 9.59 Å². The van der Waals surface area contributed by atoms with Gasteiger partial charge in [0, 0.05) is 18.4 Å². The molecule has 0 aromatic heterocycles. The number of hydrogen-bond acceptors (Lipinski definition) is 4. The minimum atomic E-state index is -0.363. The van der Waals surface area contributed by atoms with Crippen molar-refractivity contribution in [3.8, 4) is 5.75 Å². The van der Waals surface area contributed by atoms with Gasteiger partial charge in [-0.15, -0.1) is 0 Å². The molecule has 1 unspecified atom stereocenters.